The van der Waals surface area contributed by atoms with Gasteiger partial charge in [-0.3, -0.25) is 4.79 Å². The third-order valence-corrected chi connectivity index (χ3v) is 3.47. The van der Waals surface area contributed by atoms with E-state index in [9.17, 15) is 4.79 Å². The second-order valence-electron chi connectivity index (χ2n) is 4.24. The molecule has 6 heteroatoms. The van der Waals surface area contributed by atoms with Crippen LogP contribution in [0.4, 0.5) is 0 Å². The molecule has 0 saturated carbocycles. The van der Waals surface area contributed by atoms with Gasteiger partial charge in [-0.25, -0.2) is 9.97 Å². The van der Waals surface area contributed by atoms with Crippen LogP contribution >= 0.6 is 11.3 Å². The van der Waals surface area contributed by atoms with Crippen molar-refractivity contribution in [3.63, 3.8) is 0 Å². The maximum Gasteiger partial charge on any atom is 0.270 e. The first-order valence-corrected chi connectivity index (χ1v) is 7.26. The number of carbonyl (C=O) groups excluding carboxylic acids is 1. The average molecular weight is 301 g/mol. The number of hydrogen-bond acceptors (Lipinski definition) is 5. The van der Waals surface area contributed by atoms with E-state index in [0.717, 1.165) is 15.4 Å². The molecular weight excluding hydrogens is 286 g/mol. The minimum atomic E-state index is -0.226. The maximum absolute atomic E-state index is 11.9. The fourth-order valence-corrected chi connectivity index (χ4v) is 2.30. The van der Waals surface area contributed by atoms with Crippen LogP contribution in [0.2, 0.25) is 0 Å². The first-order valence-electron chi connectivity index (χ1n) is 6.44. The van der Waals surface area contributed by atoms with Crippen LogP contribution in [0.25, 0.3) is 0 Å². The molecule has 21 heavy (non-hydrogen) atoms. The largest absolute Gasteiger partial charge is 0.395 e. The molecule has 2 aromatic heterocycles. The molecule has 0 saturated heterocycles. The minimum Gasteiger partial charge on any atom is -0.395 e. The van der Waals surface area contributed by atoms with E-state index in [2.05, 4.69) is 27.1 Å². The van der Waals surface area contributed by atoms with E-state index in [1.165, 1.54) is 0 Å². The highest BCUT2D eigenvalue weighted by Gasteiger charge is 2.07. The number of aliphatic hydroxyl groups is 1. The second kappa shape index (κ2) is 7.53. The van der Waals surface area contributed by atoms with E-state index in [-0.39, 0.29) is 12.5 Å². The van der Waals surface area contributed by atoms with Crippen LogP contribution < -0.4 is 5.32 Å². The summed E-state index contributed by atoms with van der Waals surface area (Å²) in [5, 5.41) is 12.4. The Kier molecular flexibility index (Phi) is 5.43. The summed E-state index contributed by atoms with van der Waals surface area (Å²) in [4.78, 5) is 21.2. The molecule has 5 nitrogen and oxygen atoms in total. The van der Waals surface area contributed by atoms with Gasteiger partial charge in [-0.1, -0.05) is 11.8 Å². The van der Waals surface area contributed by atoms with Gasteiger partial charge in [-0.2, -0.15) is 0 Å². The quantitative estimate of drug-likeness (QED) is 0.839. The fourth-order valence-electron chi connectivity index (χ4n) is 1.57. The van der Waals surface area contributed by atoms with E-state index in [1.54, 1.807) is 35.9 Å². The van der Waals surface area contributed by atoms with Gasteiger partial charge in [0.1, 0.15) is 5.69 Å². The smallest absolute Gasteiger partial charge is 0.270 e. The summed E-state index contributed by atoms with van der Waals surface area (Å²) in [6.07, 6.45) is 3.74. The van der Waals surface area contributed by atoms with Crippen molar-refractivity contribution in [2.24, 2.45) is 0 Å². The summed E-state index contributed by atoms with van der Waals surface area (Å²) in [5.74, 6) is 5.44. The zero-order chi connectivity index (χ0) is 15.1. The van der Waals surface area contributed by atoms with Gasteiger partial charge < -0.3 is 10.4 Å². The molecule has 0 unspecified atom stereocenters. The maximum atomic E-state index is 11.9. The first kappa shape index (κ1) is 15.2. The Morgan fingerprint density at radius 1 is 1.38 bits per heavy atom. The van der Waals surface area contributed by atoms with Crippen LogP contribution in [0.5, 0.6) is 0 Å². The molecule has 0 aromatic carbocycles. The van der Waals surface area contributed by atoms with Crippen molar-refractivity contribution in [3.8, 4) is 11.8 Å². The van der Waals surface area contributed by atoms with Gasteiger partial charge in [0.15, 0.2) is 0 Å². The molecule has 2 heterocycles. The third kappa shape index (κ3) is 4.67. The van der Waals surface area contributed by atoms with Crippen molar-refractivity contribution in [1.29, 1.82) is 0 Å². The zero-order valence-electron chi connectivity index (χ0n) is 11.6. The SMILES string of the molecule is Cc1ncc(CNC(=O)c2ccc(C#CCCO)cn2)s1. The number of pyridine rings is 1. The van der Waals surface area contributed by atoms with E-state index in [0.29, 0.717) is 18.7 Å². The van der Waals surface area contributed by atoms with Crippen molar-refractivity contribution in [2.45, 2.75) is 19.9 Å². The molecule has 0 fully saturated rings. The molecule has 2 rings (SSSR count). The predicted molar refractivity (Wildman–Crippen MR) is 80.8 cm³/mol. The monoisotopic (exact) mass is 301 g/mol. The fraction of sp³-hybridized carbons (Fsp3) is 0.267. The Morgan fingerprint density at radius 2 is 2.24 bits per heavy atom. The highest BCUT2D eigenvalue weighted by molar-refractivity contribution is 7.11. The van der Waals surface area contributed by atoms with Crippen molar-refractivity contribution in [1.82, 2.24) is 15.3 Å². The Labute approximate surface area is 127 Å². The highest BCUT2D eigenvalue weighted by atomic mass is 32.1. The molecule has 0 aliphatic carbocycles. The number of carbonyl (C=O) groups is 1. The molecule has 0 aliphatic heterocycles. The van der Waals surface area contributed by atoms with Gasteiger partial charge in [-0.05, 0) is 19.1 Å². The summed E-state index contributed by atoms with van der Waals surface area (Å²) in [7, 11) is 0. The van der Waals surface area contributed by atoms with E-state index in [1.807, 2.05) is 6.92 Å². The van der Waals surface area contributed by atoms with Crippen molar-refractivity contribution < 1.29 is 9.90 Å². The molecule has 2 N–H and O–H groups in total. The Bertz CT molecular complexity index is 668. The molecule has 108 valence electrons. The topological polar surface area (TPSA) is 75.1 Å². The van der Waals surface area contributed by atoms with Crippen LogP contribution in [0.3, 0.4) is 0 Å². The lowest BCUT2D eigenvalue weighted by atomic mass is 10.2. The van der Waals surface area contributed by atoms with E-state index in [4.69, 9.17) is 5.11 Å². The summed E-state index contributed by atoms with van der Waals surface area (Å²) in [6, 6.07) is 3.37. The number of hydrogen-bond donors (Lipinski definition) is 2. The molecule has 2 aromatic rings. The van der Waals surface area contributed by atoms with Crippen molar-refractivity contribution in [3.05, 3.63) is 45.7 Å². The number of nitrogens with zero attached hydrogens (tertiary/aromatic N) is 2. The van der Waals surface area contributed by atoms with Gasteiger partial charge in [-0.15, -0.1) is 11.3 Å². The Morgan fingerprint density at radius 3 is 2.86 bits per heavy atom. The van der Waals surface area contributed by atoms with Gasteiger partial charge in [0.05, 0.1) is 18.2 Å². The summed E-state index contributed by atoms with van der Waals surface area (Å²) >= 11 is 1.55. The zero-order valence-corrected chi connectivity index (χ0v) is 12.4. The van der Waals surface area contributed by atoms with Crippen LogP contribution in [0.1, 0.15) is 32.4 Å². The van der Waals surface area contributed by atoms with Crippen LogP contribution in [0.15, 0.2) is 24.5 Å². The Balaban J connectivity index is 1.92. The standard InChI is InChI=1S/C15H15N3O2S/c1-11-16-9-13(21-11)10-18-15(20)14-6-5-12(8-17-14)4-2-3-7-19/h5-6,8-9,19H,3,7,10H2,1H3,(H,18,20). The lowest BCUT2D eigenvalue weighted by Crippen LogP contribution is -2.23. The van der Waals surface area contributed by atoms with Gasteiger partial charge in [0, 0.05) is 29.3 Å². The number of aryl methyl sites for hydroxylation is 1. The van der Waals surface area contributed by atoms with Crippen LogP contribution in [0, 0.1) is 18.8 Å². The third-order valence-electron chi connectivity index (χ3n) is 2.56. The number of aliphatic hydroxyl groups excluding tert-OH is 1. The van der Waals surface area contributed by atoms with Gasteiger partial charge >= 0.3 is 0 Å². The molecule has 0 spiro atoms. The number of aromatic nitrogens is 2. The Hall–Kier alpha value is -2.23. The second-order valence-corrected chi connectivity index (χ2v) is 5.56. The van der Waals surface area contributed by atoms with Crippen LogP contribution in [-0.4, -0.2) is 27.6 Å². The highest BCUT2D eigenvalue weighted by Crippen LogP contribution is 2.11. The average Bonchev–Trinajstić information content (AvgIpc) is 2.91. The minimum absolute atomic E-state index is 0.0397. The normalized spacial score (nSPS) is 9.81. The summed E-state index contributed by atoms with van der Waals surface area (Å²) < 4.78 is 0. The van der Waals surface area contributed by atoms with Crippen LogP contribution in [-0.2, 0) is 6.54 Å². The number of amides is 1. The molecule has 0 bridgehead atoms. The lowest BCUT2D eigenvalue weighted by molar-refractivity contribution is 0.0946. The lowest BCUT2D eigenvalue weighted by Gasteiger charge is -2.02. The van der Waals surface area contributed by atoms with Gasteiger partial charge in [0.25, 0.3) is 5.91 Å². The summed E-state index contributed by atoms with van der Waals surface area (Å²) in [6.45, 7) is 2.41. The van der Waals surface area contributed by atoms with Crippen molar-refractivity contribution in [2.75, 3.05) is 6.61 Å². The molecule has 0 atom stereocenters. The molecule has 0 aliphatic rings. The molecule has 0 radical (unpaired) electrons. The molecule has 1 amide bonds. The van der Waals surface area contributed by atoms with E-state index >= 15 is 0 Å². The summed E-state index contributed by atoms with van der Waals surface area (Å²) in [5.41, 5.74) is 1.07. The number of nitrogens with one attached hydrogen (secondary N) is 1. The molecular formula is C15H15N3O2S. The number of thiazole rings is 1. The van der Waals surface area contributed by atoms with Gasteiger partial charge in [0.2, 0.25) is 0 Å². The number of rotatable bonds is 4. The van der Waals surface area contributed by atoms with E-state index < -0.39 is 0 Å². The predicted octanol–water partition coefficient (Wildman–Crippen LogP) is 1.51. The first-order chi connectivity index (χ1) is 10.2. The van der Waals surface area contributed by atoms with Crippen molar-refractivity contribution >= 4 is 17.2 Å².